The first-order valence-electron chi connectivity index (χ1n) is 7.88. The number of aryl methyl sites for hydroxylation is 3. The van der Waals surface area contributed by atoms with Gasteiger partial charge in [-0.05, 0) is 32.9 Å². The van der Waals surface area contributed by atoms with E-state index in [1.807, 2.05) is 32.2 Å². The van der Waals surface area contributed by atoms with Crippen molar-refractivity contribution in [3.8, 4) is 0 Å². The SMILES string of the molecule is CN=C(NCc1cn2c(C)cccc2n1)NCc1nc(C)c(C)o1. The Morgan fingerprint density at radius 1 is 1.17 bits per heavy atom. The normalized spacial score (nSPS) is 11.9. The van der Waals surface area contributed by atoms with Gasteiger partial charge in [0.2, 0.25) is 5.89 Å². The zero-order valence-corrected chi connectivity index (χ0v) is 14.4. The van der Waals surface area contributed by atoms with E-state index in [1.54, 1.807) is 7.05 Å². The standard InChI is InChI=1S/C17H22N6O/c1-11-6-5-7-15-22-14(10-23(11)15)8-19-17(18-4)20-9-16-21-12(2)13(3)24-16/h5-7,10H,8-9H2,1-4H3,(H2,18,19,20). The Bertz CT molecular complexity index is 857. The molecule has 0 saturated carbocycles. The largest absolute Gasteiger partial charge is 0.444 e. The Balaban J connectivity index is 1.60. The lowest BCUT2D eigenvalue weighted by atomic mass is 10.4. The molecule has 3 rings (SSSR count). The molecule has 0 spiro atoms. The molecule has 0 amide bonds. The summed E-state index contributed by atoms with van der Waals surface area (Å²) in [7, 11) is 1.73. The van der Waals surface area contributed by atoms with Crippen LogP contribution in [0, 0.1) is 20.8 Å². The Morgan fingerprint density at radius 3 is 2.62 bits per heavy atom. The molecule has 0 saturated heterocycles. The first kappa shape index (κ1) is 16.0. The van der Waals surface area contributed by atoms with Crippen molar-refractivity contribution in [1.29, 1.82) is 0 Å². The third kappa shape index (κ3) is 3.40. The summed E-state index contributed by atoms with van der Waals surface area (Å²) in [4.78, 5) is 13.2. The van der Waals surface area contributed by atoms with Gasteiger partial charge in [0.15, 0.2) is 5.96 Å². The third-order valence-electron chi connectivity index (χ3n) is 3.89. The van der Waals surface area contributed by atoms with Gasteiger partial charge in [-0.3, -0.25) is 4.99 Å². The molecule has 0 unspecified atom stereocenters. The van der Waals surface area contributed by atoms with Gasteiger partial charge in [0.05, 0.1) is 24.5 Å². The third-order valence-corrected chi connectivity index (χ3v) is 3.89. The molecule has 0 atom stereocenters. The van der Waals surface area contributed by atoms with Gasteiger partial charge in [-0.1, -0.05) is 6.07 Å². The number of aliphatic imine (C=N–C) groups is 1. The smallest absolute Gasteiger partial charge is 0.214 e. The first-order chi connectivity index (χ1) is 11.6. The number of nitrogens with one attached hydrogen (secondary N) is 2. The summed E-state index contributed by atoms with van der Waals surface area (Å²) in [6.07, 6.45) is 2.03. The van der Waals surface area contributed by atoms with E-state index in [1.165, 1.54) is 0 Å². The van der Waals surface area contributed by atoms with Crippen LogP contribution in [0.25, 0.3) is 5.65 Å². The van der Waals surface area contributed by atoms with Gasteiger partial charge in [0, 0.05) is 18.9 Å². The van der Waals surface area contributed by atoms with Crippen molar-refractivity contribution in [2.45, 2.75) is 33.9 Å². The van der Waals surface area contributed by atoms with Crippen LogP contribution in [0.5, 0.6) is 0 Å². The Kier molecular flexibility index (Phi) is 4.50. The molecule has 0 aromatic carbocycles. The number of imidazole rings is 1. The average Bonchev–Trinajstić information content (AvgIpc) is 3.12. The van der Waals surface area contributed by atoms with E-state index in [0.717, 1.165) is 28.5 Å². The number of nitrogens with zero attached hydrogens (tertiary/aromatic N) is 4. The van der Waals surface area contributed by atoms with E-state index in [4.69, 9.17) is 4.42 Å². The number of hydrogen-bond donors (Lipinski definition) is 2. The number of fused-ring (bicyclic) bond motifs is 1. The summed E-state index contributed by atoms with van der Waals surface area (Å²) in [6, 6.07) is 6.07. The summed E-state index contributed by atoms with van der Waals surface area (Å²) in [5.41, 5.74) is 3.97. The van der Waals surface area contributed by atoms with E-state index in [2.05, 4.69) is 43.0 Å². The topological polar surface area (TPSA) is 79.8 Å². The molecule has 7 nitrogen and oxygen atoms in total. The maximum atomic E-state index is 5.55. The van der Waals surface area contributed by atoms with Crippen LogP contribution in [-0.4, -0.2) is 27.4 Å². The monoisotopic (exact) mass is 326 g/mol. The summed E-state index contributed by atoms with van der Waals surface area (Å²) in [5, 5.41) is 6.44. The second kappa shape index (κ2) is 6.74. The van der Waals surface area contributed by atoms with Gasteiger partial charge in [0.25, 0.3) is 0 Å². The lowest BCUT2D eigenvalue weighted by Gasteiger charge is -2.09. The molecule has 0 aliphatic heterocycles. The minimum absolute atomic E-state index is 0.485. The lowest BCUT2D eigenvalue weighted by Crippen LogP contribution is -2.36. The van der Waals surface area contributed by atoms with E-state index in [0.29, 0.717) is 24.9 Å². The Labute approximate surface area is 140 Å². The second-order valence-electron chi connectivity index (χ2n) is 5.66. The van der Waals surface area contributed by atoms with E-state index in [-0.39, 0.29) is 0 Å². The van der Waals surface area contributed by atoms with Gasteiger partial charge in [-0.25, -0.2) is 9.97 Å². The van der Waals surface area contributed by atoms with E-state index in [9.17, 15) is 0 Å². The van der Waals surface area contributed by atoms with Crippen molar-refractivity contribution in [2.24, 2.45) is 4.99 Å². The van der Waals surface area contributed by atoms with E-state index >= 15 is 0 Å². The van der Waals surface area contributed by atoms with Gasteiger partial charge in [-0.15, -0.1) is 0 Å². The van der Waals surface area contributed by atoms with Crippen molar-refractivity contribution >= 4 is 11.6 Å². The molecule has 0 radical (unpaired) electrons. The lowest BCUT2D eigenvalue weighted by molar-refractivity contribution is 0.463. The van der Waals surface area contributed by atoms with Gasteiger partial charge >= 0.3 is 0 Å². The van der Waals surface area contributed by atoms with Crippen LogP contribution in [0.3, 0.4) is 0 Å². The molecular weight excluding hydrogens is 304 g/mol. The summed E-state index contributed by atoms with van der Waals surface area (Å²) in [5.74, 6) is 2.17. The molecule has 2 N–H and O–H groups in total. The first-order valence-corrected chi connectivity index (χ1v) is 7.88. The molecule has 3 aromatic heterocycles. The Morgan fingerprint density at radius 2 is 1.96 bits per heavy atom. The van der Waals surface area contributed by atoms with Crippen LogP contribution in [0.4, 0.5) is 0 Å². The summed E-state index contributed by atoms with van der Waals surface area (Å²) < 4.78 is 7.63. The molecule has 126 valence electrons. The second-order valence-corrected chi connectivity index (χ2v) is 5.66. The van der Waals surface area contributed by atoms with Gasteiger partial charge < -0.3 is 19.5 Å². The highest BCUT2D eigenvalue weighted by Gasteiger charge is 2.07. The fourth-order valence-corrected chi connectivity index (χ4v) is 2.45. The molecule has 7 heteroatoms. The molecular formula is C17H22N6O. The zero-order chi connectivity index (χ0) is 17.1. The number of oxazole rings is 1. The van der Waals surface area contributed by atoms with Crippen LogP contribution >= 0.6 is 0 Å². The molecule has 0 aliphatic carbocycles. The number of aromatic nitrogens is 3. The fraction of sp³-hybridized carbons (Fsp3) is 0.353. The van der Waals surface area contributed by atoms with Gasteiger partial charge in [0.1, 0.15) is 11.4 Å². The maximum absolute atomic E-state index is 5.55. The van der Waals surface area contributed by atoms with E-state index < -0.39 is 0 Å². The number of hydrogen-bond acceptors (Lipinski definition) is 4. The van der Waals surface area contributed by atoms with Crippen LogP contribution in [0.1, 0.15) is 28.7 Å². The molecule has 0 bridgehead atoms. The summed E-state index contributed by atoms with van der Waals surface area (Å²) >= 11 is 0. The molecule has 24 heavy (non-hydrogen) atoms. The Hall–Kier alpha value is -2.83. The minimum Gasteiger partial charge on any atom is -0.444 e. The molecule has 3 heterocycles. The predicted octanol–water partition coefficient (Wildman–Crippen LogP) is 2.11. The molecule has 0 fully saturated rings. The van der Waals surface area contributed by atoms with Crippen LogP contribution in [-0.2, 0) is 13.1 Å². The highest BCUT2D eigenvalue weighted by molar-refractivity contribution is 5.79. The van der Waals surface area contributed by atoms with Crippen LogP contribution in [0.15, 0.2) is 33.8 Å². The number of guanidine groups is 1. The van der Waals surface area contributed by atoms with Crippen LogP contribution < -0.4 is 10.6 Å². The van der Waals surface area contributed by atoms with Crippen molar-refractivity contribution in [1.82, 2.24) is 25.0 Å². The van der Waals surface area contributed by atoms with Crippen molar-refractivity contribution in [3.63, 3.8) is 0 Å². The van der Waals surface area contributed by atoms with Crippen molar-refractivity contribution in [3.05, 3.63) is 53.1 Å². The van der Waals surface area contributed by atoms with Crippen LogP contribution in [0.2, 0.25) is 0 Å². The molecule has 0 aliphatic rings. The average molecular weight is 326 g/mol. The molecule has 3 aromatic rings. The minimum atomic E-state index is 0.485. The number of rotatable bonds is 4. The maximum Gasteiger partial charge on any atom is 0.214 e. The summed E-state index contributed by atoms with van der Waals surface area (Å²) in [6.45, 7) is 6.97. The predicted molar refractivity (Wildman–Crippen MR) is 92.9 cm³/mol. The van der Waals surface area contributed by atoms with Crippen molar-refractivity contribution in [2.75, 3.05) is 7.05 Å². The highest BCUT2D eigenvalue weighted by Crippen LogP contribution is 2.09. The van der Waals surface area contributed by atoms with Crippen molar-refractivity contribution < 1.29 is 4.42 Å². The fourth-order valence-electron chi connectivity index (χ4n) is 2.45. The quantitative estimate of drug-likeness (QED) is 0.567. The zero-order valence-electron chi connectivity index (χ0n) is 14.4. The number of pyridine rings is 1. The highest BCUT2D eigenvalue weighted by atomic mass is 16.4. The van der Waals surface area contributed by atoms with Gasteiger partial charge in [-0.2, -0.15) is 0 Å².